The highest BCUT2D eigenvalue weighted by atomic mass is 16.5. The summed E-state index contributed by atoms with van der Waals surface area (Å²) < 4.78 is 6.06. The van der Waals surface area contributed by atoms with E-state index in [4.69, 9.17) is 4.74 Å². The second-order valence-corrected chi connectivity index (χ2v) is 7.40. The van der Waals surface area contributed by atoms with Crippen molar-refractivity contribution in [1.82, 2.24) is 10.2 Å². The Hall–Kier alpha value is -1.39. The maximum atomic E-state index is 12.5. The average Bonchev–Trinajstić information content (AvgIpc) is 2.80. The topological polar surface area (TPSA) is 41.6 Å². The fraction of sp³-hybridized carbons (Fsp3) is 0.632. The van der Waals surface area contributed by atoms with Gasteiger partial charge in [-0.05, 0) is 43.7 Å². The maximum Gasteiger partial charge on any atom is 0.226 e. The summed E-state index contributed by atoms with van der Waals surface area (Å²) in [5.74, 6) is 0.266. The number of rotatable bonds is 4. The van der Waals surface area contributed by atoms with Crippen molar-refractivity contribution in [3.63, 3.8) is 0 Å². The third kappa shape index (κ3) is 3.15. The zero-order chi connectivity index (χ0) is 15.8. The van der Waals surface area contributed by atoms with Crippen LogP contribution in [0.2, 0.25) is 0 Å². The zero-order valence-electron chi connectivity index (χ0n) is 13.8. The number of carbonyl (C=O) groups is 1. The van der Waals surface area contributed by atoms with Gasteiger partial charge in [-0.1, -0.05) is 24.3 Å². The van der Waals surface area contributed by atoms with Crippen molar-refractivity contribution in [3.05, 3.63) is 35.4 Å². The Morgan fingerprint density at radius 1 is 1.30 bits per heavy atom. The monoisotopic (exact) mass is 314 g/mol. The first-order chi connectivity index (χ1) is 11.2. The molecule has 23 heavy (non-hydrogen) atoms. The minimum Gasteiger partial charge on any atom is -0.371 e. The van der Waals surface area contributed by atoms with Crippen LogP contribution in [-0.4, -0.2) is 42.1 Å². The molecule has 0 spiro atoms. The molecule has 0 radical (unpaired) electrons. The number of hydrogen-bond donors (Lipinski definition) is 1. The molecule has 1 aromatic rings. The largest absolute Gasteiger partial charge is 0.371 e. The van der Waals surface area contributed by atoms with Crippen molar-refractivity contribution in [2.75, 3.05) is 13.1 Å². The summed E-state index contributed by atoms with van der Waals surface area (Å²) in [6, 6.07) is 8.98. The van der Waals surface area contributed by atoms with Gasteiger partial charge in [-0.2, -0.15) is 0 Å². The predicted molar refractivity (Wildman–Crippen MR) is 89.0 cm³/mol. The second-order valence-electron chi connectivity index (χ2n) is 7.40. The summed E-state index contributed by atoms with van der Waals surface area (Å²) in [6.07, 6.45) is 4.71. The number of nitrogens with zero attached hydrogens (tertiary/aromatic N) is 1. The first-order valence-electron chi connectivity index (χ1n) is 8.92. The van der Waals surface area contributed by atoms with Crippen LogP contribution in [0.3, 0.4) is 0 Å². The molecule has 3 aliphatic rings. The minimum absolute atomic E-state index is 0.0440. The van der Waals surface area contributed by atoms with Crippen molar-refractivity contribution in [2.45, 2.75) is 57.4 Å². The van der Waals surface area contributed by atoms with Crippen LogP contribution in [0.4, 0.5) is 0 Å². The number of benzene rings is 1. The molecule has 124 valence electrons. The molecule has 2 aliphatic heterocycles. The SMILES string of the molecule is Cc1ccccc1CN1C[C@@H]2C[C@@H](C(=O)NC3CCC3)[C@H](C1)O2. The number of carbonyl (C=O) groups excluding carboxylic acids is 1. The Labute approximate surface area is 138 Å². The fourth-order valence-corrected chi connectivity index (χ4v) is 4.03. The highest BCUT2D eigenvalue weighted by Crippen LogP contribution is 2.33. The number of ether oxygens (including phenoxy) is 1. The molecule has 0 aromatic heterocycles. The molecule has 1 saturated carbocycles. The summed E-state index contributed by atoms with van der Waals surface area (Å²) >= 11 is 0. The first kappa shape index (κ1) is 15.2. The maximum absolute atomic E-state index is 12.5. The normalized spacial score (nSPS) is 30.9. The minimum atomic E-state index is 0.0440. The molecule has 0 unspecified atom stereocenters. The Bertz CT molecular complexity index is 584. The van der Waals surface area contributed by atoms with E-state index in [1.807, 2.05) is 0 Å². The van der Waals surface area contributed by atoms with Crippen molar-refractivity contribution >= 4 is 5.91 Å². The number of likely N-dealkylation sites (tertiary alicyclic amines) is 1. The number of hydrogen-bond acceptors (Lipinski definition) is 3. The summed E-state index contributed by atoms with van der Waals surface area (Å²) in [7, 11) is 0. The lowest BCUT2D eigenvalue weighted by molar-refractivity contribution is -0.129. The van der Waals surface area contributed by atoms with E-state index >= 15 is 0 Å². The van der Waals surface area contributed by atoms with Crippen LogP contribution in [0.1, 0.15) is 36.8 Å². The molecule has 1 aromatic carbocycles. The number of aryl methyl sites for hydroxylation is 1. The summed E-state index contributed by atoms with van der Waals surface area (Å²) in [5.41, 5.74) is 2.72. The Morgan fingerprint density at radius 2 is 2.13 bits per heavy atom. The van der Waals surface area contributed by atoms with Crippen LogP contribution < -0.4 is 5.32 Å². The molecular formula is C19H26N2O2. The molecule has 2 saturated heterocycles. The van der Waals surface area contributed by atoms with Crippen LogP contribution in [0, 0.1) is 12.8 Å². The molecular weight excluding hydrogens is 288 g/mol. The van der Waals surface area contributed by atoms with E-state index in [-0.39, 0.29) is 24.0 Å². The number of amides is 1. The third-order valence-corrected chi connectivity index (χ3v) is 5.68. The quantitative estimate of drug-likeness (QED) is 0.927. The lowest BCUT2D eigenvalue weighted by atomic mass is 9.91. The molecule has 2 heterocycles. The first-order valence-corrected chi connectivity index (χ1v) is 8.92. The highest BCUT2D eigenvalue weighted by molar-refractivity contribution is 5.80. The highest BCUT2D eigenvalue weighted by Gasteiger charge is 2.45. The van der Waals surface area contributed by atoms with Crippen LogP contribution in [0.25, 0.3) is 0 Å². The van der Waals surface area contributed by atoms with Gasteiger partial charge in [0.05, 0.1) is 18.1 Å². The molecule has 4 rings (SSSR count). The van der Waals surface area contributed by atoms with Gasteiger partial charge < -0.3 is 10.1 Å². The summed E-state index contributed by atoms with van der Waals surface area (Å²) in [5, 5.41) is 3.21. The molecule has 4 heteroatoms. The van der Waals surface area contributed by atoms with Gasteiger partial charge in [-0.25, -0.2) is 0 Å². The smallest absolute Gasteiger partial charge is 0.226 e. The predicted octanol–water partition coefficient (Wildman–Crippen LogP) is 2.25. The van der Waals surface area contributed by atoms with Gasteiger partial charge in [0.15, 0.2) is 0 Å². The summed E-state index contributed by atoms with van der Waals surface area (Å²) in [6.45, 7) is 4.94. The van der Waals surface area contributed by atoms with Crippen molar-refractivity contribution < 1.29 is 9.53 Å². The molecule has 1 N–H and O–H groups in total. The van der Waals surface area contributed by atoms with E-state index in [0.717, 1.165) is 38.9 Å². The zero-order valence-corrected chi connectivity index (χ0v) is 13.8. The van der Waals surface area contributed by atoms with E-state index in [1.165, 1.54) is 17.5 Å². The van der Waals surface area contributed by atoms with Crippen molar-refractivity contribution in [2.24, 2.45) is 5.92 Å². The molecule has 4 nitrogen and oxygen atoms in total. The van der Waals surface area contributed by atoms with Crippen LogP contribution in [0.15, 0.2) is 24.3 Å². The number of morpholine rings is 1. The summed E-state index contributed by atoms with van der Waals surface area (Å²) in [4.78, 5) is 15.0. The number of fused-ring (bicyclic) bond motifs is 2. The van der Waals surface area contributed by atoms with E-state index in [1.54, 1.807) is 0 Å². The van der Waals surface area contributed by atoms with Gasteiger partial charge >= 0.3 is 0 Å². The lowest BCUT2D eigenvalue weighted by Crippen LogP contribution is -2.47. The molecule has 3 fully saturated rings. The molecule has 1 aliphatic carbocycles. The van der Waals surface area contributed by atoms with Gasteiger partial charge in [0, 0.05) is 25.7 Å². The van der Waals surface area contributed by atoms with Crippen LogP contribution >= 0.6 is 0 Å². The molecule has 2 bridgehead atoms. The Balaban J connectivity index is 1.38. The van der Waals surface area contributed by atoms with E-state index in [9.17, 15) is 4.79 Å². The van der Waals surface area contributed by atoms with E-state index < -0.39 is 0 Å². The van der Waals surface area contributed by atoms with E-state index in [0.29, 0.717) is 6.04 Å². The van der Waals surface area contributed by atoms with Gasteiger partial charge in [0.2, 0.25) is 5.91 Å². The Kier molecular flexibility index (Phi) is 4.12. The van der Waals surface area contributed by atoms with E-state index in [2.05, 4.69) is 41.4 Å². The standard InChI is InChI=1S/C19H26N2O2/c1-13-5-2-3-6-14(13)10-21-11-16-9-17(18(12-21)23-16)19(22)20-15-7-4-8-15/h2-3,5-6,15-18H,4,7-12H2,1H3,(H,20,22)/t16-,17+,18-/m0/s1. The van der Waals surface area contributed by atoms with Gasteiger partial charge in [0.1, 0.15) is 0 Å². The van der Waals surface area contributed by atoms with Gasteiger partial charge in [0.25, 0.3) is 0 Å². The second kappa shape index (κ2) is 6.25. The van der Waals surface area contributed by atoms with Crippen molar-refractivity contribution in [3.8, 4) is 0 Å². The van der Waals surface area contributed by atoms with Crippen LogP contribution in [-0.2, 0) is 16.1 Å². The third-order valence-electron chi connectivity index (χ3n) is 5.68. The molecule has 1 amide bonds. The van der Waals surface area contributed by atoms with Gasteiger partial charge in [-0.15, -0.1) is 0 Å². The average molecular weight is 314 g/mol. The van der Waals surface area contributed by atoms with Gasteiger partial charge in [-0.3, -0.25) is 9.69 Å². The fourth-order valence-electron chi connectivity index (χ4n) is 4.03. The number of nitrogens with one attached hydrogen (secondary N) is 1. The molecule has 3 atom stereocenters. The van der Waals surface area contributed by atoms with Crippen LogP contribution in [0.5, 0.6) is 0 Å². The van der Waals surface area contributed by atoms with Crippen molar-refractivity contribution in [1.29, 1.82) is 0 Å². The Morgan fingerprint density at radius 3 is 2.87 bits per heavy atom. The lowest BCUT2D eigenvalue weighted by Gasteiger charge is -2.33.